The van der Waals surface area contributed by atoms with Gasteiger partial charge >= 0.3 is 0 Å². The molecule has 0 unspecified atom stereocenters. The smallest absolute Gasteiger partial charge is 0.230 e. The van der Waals surface area contributed by atoms with Crippen molar-refractivity contribution in [1.82, 2.24) is 15.1 Å². The first-order valence-electron chi connectivity index (χ1n) is 8.84. The van der Waals surface area contributed by atoms with Crippen LogP contribution >= 0.6 is 0 Å². The molecule has 0 amide bonds. The molecule has 1 aromatic heterocycles. The van der Waals surface area contributed by atoms with Gasteiger partial charge in [-0.05, 0) is 42.8 Å². The second kappa shape index (κ2) is 8.68. The van der Waals surface area contributed by atoms with Crippen LogP contribution in [0.3, 0.4) is 0 Å². The summed E-state index contributed by atoms with van der Waals surface area (Å²) < 4.78 is 16.6. The van der Waals surface area contributed by atoms with Gasteiger partial charge in [0.1, 0.15) is 0 Å². The van der Waals surface area contributed by atoms with E-state index < -0.39 is 0 Å². The van der Waals surface area contributed by atoms with E-state index in [2.05, 4.69) is 34.2 Å². The SMILES string of the molecule is COc1cc(C)c(CN(C)Cc2nnc(Cc3ccccc3)o2)cc1OC. The van der Waals surface area contributed by atoms with Crippen molar-refractivity contribution in [2.75, 3.05) is 21.3 Å². The number of hydrogen-bond acceptors (Lipinski definition) is 6. The normalized spacial score (nSPS) is 11.0. The molecular weight excluding hydrogens is 342 g/mol. The molecule has 0 spiro atoms. The molecule has 27 heavy (non-hydrogen) atoms. The third-order valence-electron chi connectivity index (χ3n) is 4.39. The molecule has 0 fully saturated rings. The predicted octanol–water partition coefficient (Wildman–Crippen LogP) is 3.62. The van der Waals surface area contributed by atoms with Crippen LogP contribution in [0, 0.1) is 6.92 Å². The molecule has 6 heteroatoms. The van der Waals surface area contributed by atoms with E-state index in [9.17, 15) is 0 Å². The van der Waals surface area contributed by atoms with E-state index in [1.54, 1.807) is 14.2 Å². The molecule has 0 aliphatic carbocycles. The Hall–Kier alpha value is -2.86. The lowest BCUT2D eigenvalue weighted by Gasteiger charge is -2.18. The highest BCUT2D eigenvalue weighted by atomic mass is 16.5. The van der Waals surface area contributed by atoms with Gasteiger partial charge in [0.25, 0.3) is 0 Å². The van der Waals surface area contributed by atoms with E-state index in [-0.39, 0.29) is 0 Å². The number of hydrogen-bond donors (Lipinski definition) is 0. The molecular formula is C21H25N3O3. The van der Waals surface area contributed by atoms with E-state index in [0.29, 0.717) is 24.7 Å². The van der Waals surface area contributed by atoms with E-state index in [4.69, 9.17) is 13.9 Å². The zero-order chi connectivity index (χ0) is 19.2. The number of benzene rings is 2. The highest BCUT2D eigenvalue weighted by Gasteiger charge is 2.13. The van der Waals surface area contributed by atoms with Crippen LogP contribution in [0.4, 0.5) is 0 Å². The van der Waals surface area contributed by atoms with Gasteiger partial charge in [-0.2, -0.15) is 0 Å². The lowest BCUT2D eigenvalue weighted by atomic mass is 10.1. The number of methoxy groups -OCH3 is 2. The molecule has 0 aliphatic rings. The van der Waals surface area contributed by atoms with E-state index in [0.717, 1.165) is 29.2 Å². The minimum Gasteiger partial charge on any atom is -0.493 e. The third-order valence-corrected chi connectivity index (χ3v) is 4.39. The zero-order valence-corrected chi connectivity index (χ0v) is 16.2. The molecule has 0 bridgehead atoms. The number of nitrogens with zero attached hydrogens (tertiary/aromatic N) is 3. The Kier molecular flexibility index (Phi) is 6.08. The van der Waals surface area contributed by atoms with Gasteiger partial charge in [-0.25, -0.2) is 0 Å². The van der Waals surface area contributed by atoms with Gasteiger partial charge in [0.15, 0.2) is 11.5 Å². The van der Waals surface area contributed by atoms with Crippen LogP contribution in [0.5, 0.6) is 11.5 Å². The topological polar surface area (TPSA) is 60.6 Å². The second-order valence-electron chi connectivity index (χ2n) is 6.56. The lowest BCUT2D eigenvalue weighted by Crippen LogP contribution is -2.18. The first-order chi connectivity index (χ1) is 13.1. The second-order valence-corrected chi connectivity index (χ2v) is 6.56. The molecule has 0 saturated carbocycles. The first kappa shape index (κ1) is 18.9. The fraction of sp³-hybridized carbons (Fsp3) is 0.333. The molecule has 1 heterocycles. The Bertz CT molecular complexity index is 878. The van der Waals surface area contributed by atoms with Crippen molar-refractivity contribution >= 4 is 0 Å². The minimum atomic E-state index is 0.579. The van der Waals surface area contributed by atoms with Crippen molar-refractivity contribution in [2.45, 2.75) is 26.4 Å². The Balaban J connectivity index is 1.64. The summed E-state index contributed by atoms with van der Waals surface area (Å²) in [6, 6.07) is 14.1. The molecule has 6 nitrogen and oxygen atoms in total. The average Bonchev–Trinajstić information content (AvgIpc) is 3.10. The minimum absolute atomic E-state index is 0.579. The molecule has 3 rings (SSSR count). The number of aromatic nitrogens is 2. The molecule has 2 aromatic carbocycles. The van der Waals surface area contributed by atoms with Crippen LogP contribution in [0.15, 0.2) is 46.9 Å². The van der Waals surface area contributed by atoms with Crippen LogP contribution in [0.25, 0.3) is 0 Å². The molecule has 0 saturated heterocycles. The van der Waals surface area contributed by atoms with E-state index >= 15 is 0 Å². The van der Waals surface area contributed by atoms with Crippen molar-refractivity contribution in [1.29, 1.82) is 0 Å². The van der Waals surface area contributed by atoms with Gasteiger partial charge in [0, 0.05) is 6.54 Å². The molecule has 0 atom stereocenters. The first-order valence-corrected chi connectivity index (χ1v) is 8.84. The maximum atomic E-state index is 5.80. The van der Waals surface area contributed by atoms with Crippen LogP contribution < -0.4 is 9.47 Å². The Morgan fingerprint density at radius 3 is 2.30 bits per heavy atom. The summed E-state index contributed by atoms with van der Waals surface area (Å²) in [4.78, 5) is 2.13. The maximum absolute atomic E-state index is 5.80. The Morgan fingerprint density at radius 2 is 1.59 bits per heavy atom. The Labute approximate surface area is 159 Å². The molecule has 0 aliphatic heterocycles. The van der Waals surface area contributed by atoms with Crippen molar-refractivity contribution < 1.29 is 13.9 Å². The van der Waals surface area contributed by atoms with Gasteiger partial charge in [-0.15, -0.1) is 10.2 Å². The summed E-state index contributed by atoms with van der Waals surface area (Å²) in [5.74, 6) is 2.71. The third kappa shape index (κ3) is 4.86. The van der Waals surface area contributed by atoms with Gasteiger partial charge < -0.3 is 13.9 Å². The van der Waals surface area contributed by atoms with Gasteiger partial charge in [0.2, 0.25) is 11.8 Å². The summed E-state index contributed by atoms with van der Waals surface area (Å²) in [6.45, 7) is 3.38. The van der Waals surface area contributed by atoms with Crippen LogP contribution in [-0.2, 0) is 19.5 Å². The predicted molar refractivity (Wildman–Crippen MR) is 103 cm³/mol. The van der Waals surface area contributed by atoms with Gasteiger partial charge in [-0.3, -0.25) is 4.90 Å². The fourth-order valence-corrected chi connectivity index (χ4v) is 2.96. The molecule has 0 radical (unpaired) electrons. The average molecular weight is 367 g/mol. The van der Waals surface area contributed by atoms with Gasteiger partial charge in [0.05, 0.1) is 27.2 Å². The monoisotopic (exact) mass is 367 g/mol. The van der Waals surface area contributed by atoms with E-state index in [1.165, 1.54) is 5.56 Å². The summed E-state index contributed by atoms with van der Waals surface area (Å²) in [5, 5.41) is 8.33. The number of aryl methyl sites for hydroxylation is 1. The van der Waals surface area contributed by atoms with Crippen molar-refractivity contribution in [3.05, 3.63) is 70.9 Å². The van der Waals surface area contributed by atoms with Crippen molar-refractivity contribution in [3.8, 4) is 11.5 Å². The Morgan fingerprint density at radius 1 is 0.926 bits per heavy atom. The molecule has 3 aromatic rings. The highest BCUT2D eigenvalue weighted by molar-refractivity contribution is 5.47. The van der Waals surface area contributed by atoms with Crippen LogP contribution in [-0.4, -0.2) is 36.4 Å². The number of rotatable bonds is 8. The van der Waals surface area contributed by atoms with Crippen molar-refractivity contribution in [3.63, 3.8) is 0 Å². The lowest BCUT2D eigenvalue weighted by molar-refractivity contribution is 0.276. The zero-order valence-electron chi connectivity index (χ0n) is 16.2. The fourth-order valence-electron chi connectivity index (χ4n) is 2.96. The summed E-state index contributed by atoms with van der Waals surface area (Å²) >= 11 is 0. The number of ether oxygens (including phenoxy) is 2. The molecule has 142 valence electrons. The summed E-state index contributed by atoms with van der Waals surface area (Å²) in [7, 11) is 5.32. The summed E-state index contributed by atoms with van der Waals surface area (Å²) in [5.41, 5.74) is 3.47. The maximum Gasteiger partial charge on any atom is 0.230 e. The van der Waals surface area contributed by atoms with Gasteiger partial charge in [-0.1, -0.05) is 30.3 Å². The largest absolute Gasteiger partial charge is 0.493 e. The van der Waals surface area contributed by atoms with Crippen molar-refractivity contribution in [2.24, 2.45) is 0 Å². The summed E-state index contributed by atoms with van der Waals surface area (Å²) in [6.07, 6.45) is 0.645. The quantitative estimate of drug-likeness (QED) is 0.606. The standard InChI is InChI=1S/C21H25N3O3/c1-15-10-18(25-3)19(26-4)12-17(15)13-24(2)14-21-23-22-20(27-21)11-16-8-6-5-7-9-16/h5-10,12H,11,13-14H2,1-4H3. The van der Waals surface area contributed by atoms with Crippen LogP contribution in [0.2, 0.25) is 0 Å². The molecule has 0 N–H and O–H groups in total. The van der Waals surface area contributed by atoms with E-state index in [1.807, 2.05) is 37.4 Å². The van der Waals surface area contributed by atoms with Crippen LogP contribution in [0.1, 0.15) is 28.5 Å². The highest BCUT2D eigenvalue weighted by Crippen LogP contribution is 2.30.